The number of aliphatic hydroxyl groups excluding tert-OH is 1. The quantitative estimate of drug-likeness (QED) is 0.666. The molecular formula is C22H23ClN2O3S. The van der Waals surface area contributed by atoms with Crippen molar-refractivity contribution >= 4 is 32.5 Å². The Balaban J connectivity index is 1.67. The summed E-state index contributed by atoms with van der Waals surface area (Å²) in [4.78, 5) is 4.52. The van der Waals surface area contributed by atoms with Gasteiger partial charge >= 0.3 is 0 Å². The normalized spacial score (nSPS) is 20.8. The van der Waals surface area contributed by atoms with Crippen molar-refractivity contribution < 1.29 is 13.5 Å². The number of para-hydroxylation sites is 1. The van der Waals surface area contributed by atoms with Crippen LogP contribution in [0.15, 0.2) is 65.7 Å². The number of piperidine rings is 1. The van der Waals surface area contributed by atoms with Gasteiger partial charge in [-0.05, 0) is 49.1 Å². The van der Waals surface area contributed by atoms with Crippen molar-refractivity contribution in [3.63, 3.8) is 0 Å². The van der Waals surface area contributed by atoms with Gasteiger partial charge in [-0.2, -0.15) is 4.31 Å². The number of hydrogen-bond acceptors (Lipinski definition) is 4. The van der Waals surface area contributed by atoms with Crippen molar-refractivity contribution in [1.82, 2.24) is 9.29 Å². The van der Waals surface area contributed by atoms with Gasteiger partial charge in [-0.15, -0.1) is 0 Å². The number of rotatable bonds is 5. The average Bonchev–Trinajstić information content (AvgIpc) is 2.73. The number of benzene rings is 2. The minimum Gasteiger partial charge on any atom is -0.396 e. The number of aromatic nitrogens is 1. The fourth-order valence-corrected chi connectivity index (χ4v) is 6.17. The molecule has 0 unspecified atom stereocenters. The molecule has 4 rings (SSSR count). The smallest absolute Gasteiger partial charge is 0.245 e. The molecule has 0 spiro atoms. The number of nitrogens with zero attached hydrogens (tertiary/aromatic N) is 2. The molecule has 1 atom stereocenters. The monoisotopic (exact) mass is 430 g/mol. The van der Waals surface area contributed by atoms with Crippen LogP contribution in [0.1, 0.15) is 18.4 Å². The van der Waals surface area contributed by atoms with E-state index in [1.54, 1.807) is 24.4 Å². The highest BCUT2D eigenvalue weighted by molar-refractivity contribution is 7.89. The Hall–Kier alpha value is -1.99. The molecule has 7 heteroatoms. The lowest BCUT2D eigenvalue weighted by molar-refractivity contribution is 0.0645. The molecule has 0 radical (unpaired) electrons. The van der Waals surface area contributed by atoms with Gasteiger partial charge < -0.3 is 5.11 Å². The van der Waals surface area contributed by atoms with Crippen LogP contribution in [-0.2, 0) is 16.4 Å². The molecule has 1 aliphatic rings. The number of aliphatic hydroxyl groups is 1. The van der Waals surface area contributed by atoms with Gasteiger partial charge in [0.05, 0.1) is 12.1 Å². The molecule has 152 valence electrons. The first kappa shape index (κ1) is 20.3. The van der Waals surface area contributed by atoms with Crippen LogP contribution in [0.3, 0.4) is 0 Å². The van der Waals surface area contributed by atoms with E-state index in [9.17, 15) is 13.5 Å². The number of pyridine rings is 1. The summed E-state index contributed by atoms with van der Waals surface area (Å²) in [6.45, 7) is 0.615. The summed E-state index contributed by atoms with van der Waals surface area (Å²) in [6, 6.07) is 16.4. The Kier molecular flexibility index (Phi) is 5.62. The molecule has 1 N–H and O–H groups in total. The highest BCUT2D eigenvalue weighted by Gasteiger charge is 2.40. The number of sulfonamides is 1. The van der Waals surface area contributed by atoms with E-state index in [4.69, 9.17) is 11.6 Å². The maximum atomic E-state index is 13.5. The first-order chi connectivity index (χ1) is 13.9. The van der Waals surface area contributed by atoms with E-state index in [-0.39, 0.29) is 18.0 Å². The van der Waals surface area contributed by atoms with Gasteiger partial charge in [0.2, 0.25) is 10.0 Å². The van der Waals surface area contributed by atoms with Gasteiger partial charge in [-0.25, -0.2) is 8.42 Å². The van der Waals surface area contributed by atoms with Gasteiger partial charge in [0.1, 0.15) is 4.90 Å². The summed E-state index contributed by atoms with van der Waals surface area (Å²) < 4.78 is 28.5. The molecule has 1 aliphatic heterocycles. The molecule has 0 aliphatic carbocycles. The number of halogens is 1. The van der Waals surface area contributed by atoms with E-state index in [0.717, 1.165) is 17.4 Å². The van der Waals surface area contributed by atoms with Gasteiger partial charge in [-0.3, -0.25) is 4.98 Å². The first-order valence-corrected chi connectivity index (χ1v) is 11.4. The Bertz CT molecular complexity index is 1130. The second kappa shape index (κ2) is 8.03. The van der Waals surface area contributed by atoms with Gasteiger partial charge in [0.25, 0.3) is 0 Å². The summed E-state index contributed by atoms with van der Waals surface area (Å²) in [5.74, 6) is 0. The van der Waals surface area contributed by atoms with Crippen LogP contribution in [0.25, 0.3) is 10.9 Å². The minimum absolute atomic E-state index is 0.0840. The third-order valence-corrected chi connectivity index (χ3v) is 7.76. The van der Waals surface area contributed by atoms with Crippen LogP contribution in [0.2, 0.25) is 5.02 Å². The summed E-state index contributed by atoms with van der Waals surface area (Å²) in [5, 5.41) is 11.7. The Morgan fingerprint density at radius 1 is 1.14 bits per heavy atom. The van der Waals surface area contributed by atoms with Crippen molar-refractivity contribution in [2.45, 2.75) is 24.2 Å². The largest absolute Gasteiger partial charge is 0.396 e. The van der Waals surface area contributed by atoms with Gasteiger partial charge in [0.15, 0.2) is 0 Å². The topological polar surface area (TPSA) is 70.5 Å². The molecule has 3 aromatic rings. The van der Waals surface area contributed by atoms with Gasteiger partial charge in [-0.1, -0.05) is 41.9 Å². The first-order valence-electron chi connectivity index (χ1n) is 9.63. The minimum atomic E-state index is -3.74. The van der Waals surface area contributed by atoms with Gasteiger partial charge in [0, 0.05) is 35.1 Å². The highest BCUT2D eigenvalue weighted by Crippen LogP contribution is 2.37. The number of hydrogen-bond donors (Lipinski definition) is 1. The summed E-state index contributed by atoms with van der Waals surface area (Å²) in [7, 11) is -3.74. The maximum absolute atomic E-state index is 13.5. The van der Waals surface area contributed by atoms with E-state index < -0.39 is 15.4 Å². The van der Waals surface area contributed by atoms with E-state index >= 15 is 0 Å². The fraction of sp³-hybridized carbons (Fsp3) is 0.318. The zero-order valence-electron chi connectivity index (χ0n) is 16.0. The zero-order chi connectivity index (χ0) is 20.5. The molecule has 0 bridgehead atoms. The number of fused-ring (bicyclic) bond motifs is 1. The third kappa shape index (κ3) is 4.03. The highest BCUT2D eigenvalue weighted by atomic mass is 35.5. The van der Waals surface area contributed by atoms with Crippen LogP contribution >= 0.6 is 11.6 Å². The maximum Gasteiger partial charge on any atom is 0.245 e. The molecule has 0 amide bonds. The lowest BCUT2D eigenvalue weighted by Gasteiger charge is -2.41. The second-order valence-corrected chi connectivity index (χ2v) is 10.1. The zero-order valence-corrected chi connectivity index (χ0v) is 17.5. The third-order valence-electron chi connectivity index (χ3n) is 5.64. The molecule has 2 aromatic carbocycles. The molecule has 29 heavy (non-hydrogen) atoms. The standard InChI is InChI=1S/C22H23ClN2O3S/c23-19-8-1-5-17(13-19)14-22(16-26)10-4-12-25(15-22)29(27,28)20-9-2-6-18-7-3-11-24-21(18)20/h1-3,5-9,11,13,26H,4,10,12,14-16H2/t22-/m0/s1. The lowest BCUT2D eigenvalue weighted by atomic mass is 9.76. The van der Waals surface area contributed by atoms with Crippen LogP contribution < -0.4 is 0 Å². The Morgan fingerprint density at radius 3 is 2.72 bits per heavy atom. The van der Waals surface area contributed by atoms with E-state index in [2.05, 4.69) is 4.98 Å². The van der Waals surface area contributed by atoms with Crippen molar-refractivity contribution in [3.8, 4) is 0 Å². The van der Waals surface area contributed by atoms with Crippen molar-refractivity contribution in [3.05, 3.63) is 71.4 Å². The summed E-state index contributed by atoms with van der Waals surface area (Å²) in [6.07, 6.45) is 3.63. The van der Waals surface area contributed by atoms with Crippen LogP contribution in [0, 0.1) is 5.41 Å². The SMILES string of the molecule is O=S(=O)(c1cccc2cccnc12)N1CCC[C@](CO)(Cc2cccc(Cl)c2)C1. The summed E-state index contributed by atoms with van der Waals surface area (Å²) >= 11 is 6.11. The molecule has 2 heterocycles. The molecule has 0 saturated carbocycles. The van der Waals surface area contributed by atoms with Crippen molar-refractivity contribution in [2.75, 3.05) is 19.7 Å². The van der Waals surface area contributed by atoms with E-state index in [0.29, 0.717) is 29.9 Å². The molecule has 5 nitrogen and oxygen atoms in total. The summed E-state index contributed by atoms with van der Waals surface area (Å²) in [5.41, 5.74) is 0.941. The van der Waals surface area contributed by atoms with Crippen LogP contribution in [0.5, 0.6) is 0 Å². The fourth-order valence-electron chi connectivity index (χ4n) is 4.20. The van der Waals surface area contributed by atoms with Crippen LogP contribution in [0.4, 0.5) is 0 Å². The molecule has 1 saturated heterocycles. The lowest BCUT2D eigenvalue weighted by Crippen LogP contribution is -2.48. The predicted molar refractivity (Wildman–Crippen MR) is 114 cm³/mol. The molecule has 1 aromatic heterocycles. The van der Waals surface area contributed by atoms with Crippen molar-refractivity contribution in [2.24, 2.45) is 5.41 Å². The second-order valence-electron chi connectivity index (χ2n) is 7.74. The van der Waals surface area contributed by atoms with Crippen molar-refractivity contribution in [1.29, 1.82) is 0 Å². The molecule has 1 fully saturated rings. The molecular weight excluding hydrogens is 408 g/mol. The van der Waals surface area contributed by atoms with Crippen LogP contribution in [-0.4, -0.2) is 42.5 Å². The van der Waals surface area contributed by atoms with E-state index in [1.807, 2.05) is 36.4 Å². The Labute approximate surface area is 176 Å². The Morgan fingerprint density at radius 2 is 1.93 bits per heavy atom. The average molecular weight is 431 g/mol. The predicted octanol–water partition coefficient (Wildman–Crippen LogP) is 3.89. The van der Waals surface area contributed by atoms with E-state index in [1.165, 1.54) is 4.31 Å².